The van der Waals surface area contributed by atoms with Crippen molar-refractivity contribution in [3.05, 3.63) is 63.6 Å². The van der Waals surface area contributed by atoms with Gasteiger partial charge in [-0.1, -0.05) is 39.7 Å². The quantitative estimate of drug-likeness (QED) is 0.776. The van der Waals surface area contributed by atoms with Crippen LogP contribution in [0.3, 0.4) is 0 Å². The van der Waals surface area contributed by atoms with Gasteiger partial charge in [-0.05, 0) is 48.4 Å². The zero-order valence-corrected chi connectivity index (χ0v) is 13.4. The second kappa shape index (κ2) is 7.34. The molecule has 0 radical (unpaired) electrons. The number of aliphatic hydroxyl groups excluding tert-OH is 1. The summed E-state index contributed by atoms with van der Waals surface area (Å²) in [6.07, 6.45) is 0.315. The molecule has 2 aromatic carbocycles. The first-order valence-corrected chi connectivity index (χ1v) is 8.10. The zero-order chi connectivity index (χ0) is 13.7. The molecule has 0 bridgehead atoms. The van der Waals surface area contributed by atoms with Crippen LogP contribution in [0.25, 0.3) is 0 Å². The molecule has 1 nitrogen and oxygen atoms in total. The van der Waals surface area contributed by atoms with Crippen LogP contribution in [0, 0.1) is 0 Å². The minimum absolute atomic E-state index is 0.352. The van der Waals surface area contributed by atoms with Crippen molar-refractivity contribution in [3.8, 4) is 0 Å². The van der Waals surface area contributed by atoms with Gasteiger partial charge >= 0.3 is 0 Å². The highest BCUT2D eigenvalue weighted by molar-refractivity contribution is 9.10. The normalized spacial score (nSPS) is 12.4. The fourth-order valence-corrected chi connectivity index (χ4v) is 3.12. The van der Waals surface area contributed by atoms with Crippen LogP contribution in [0.5, 0.6) is 0 Å². The maximum atomic E-state index is 10.0. The molecule has 4 heteroatoms. The topological polar surface area (TPSA) is 20.2 Å². The first-order chi connectivity index (χ1) is 9.13. The Morgan fingerprint density at radius 1 is 1.16 bits per heavy atom. The molecule has 1 unspecified atom stereocenters. The highest BCUT2D eigenvalue weighted by Crippen LogP contribution is 2.22. The minimum atomic E-state index is -0.352. The Kier molecular flexibility index (Phi) is 5.76. The molecule has 0 saturated heterocycles. The van der Waals surface area contributed by atoms with Crippen molar-refractivity contribution >= 4 is 39.3 Å². The summed E-state index contributed by atoms with van der Waals surface area (Å²) < 4.78 is 1.04. The fraction of sp³-hybridized carbons (Fsp3) is 0.200. The van der Waals surface area contributed by atoms with Crippen molar-refractivity contribution in [2.24, 2.45) is 0 Å². The number of halogens is 2. The van der Waals surface area contributed by atoms with Gasteiger partial charge in [0.05, 0.1) is 6.10 Å². The molecule has 0 aliphatic carbocycles. The summed E-state index contributed by atoms with van der Waals surface area (Å²) in [5.41, 5.74) is 1.14. The van der Waals surface area contributed by atoms with Crippen LogP contribution in [-0.2, 0) is 6.42 Å². The molecule has 100 valence electrons. The van der Waals surface area contributed by atoms with Gasteiger partial charge in [-0.15, -0.1) is 11.8 Å². The van der Waals surface area contributed by atoms with Gasteiger partial charge in [0.1, 0.15) is 0 Å². The van der Waals surface area contributed by atoms with E-state index in [0.717, 1.165) is 20.0 Å². The second-order valence-electron chi connectivity index (χ2n) is 4.25. The van der Waals surface area contributed by atoms with E-state index in [4.69, 9.17) is 11.6 Å². The highest BCUT2D eigenvalue weighted by atomic mass is 79.9. The minimum Gasteiger partial charge on any atom is -0.392 e. The molecule has 0 aromatic heterocycles. The van der Waals surface area contributed by atoms with Crippen molar-refractivity contribution in [2.75, 3.05) is 5.75 Å². The Balaban J connectivity index is 1.84. The van der Waals surface area contributed by atoms with Crippen LogP contribution in [0.2, 0.25) is 5.02 Å². The fourth-order valence-electron chi connectivity index (χ4n) is 1.72. The average Bonchev–Trinajstić information content (AvgIpc) is 2.38. The van der Waals surface area contributed by atoms with Crippen LogP contribution in [0.1, 0.15) is 5.56 Å². The van der Waals surface area contributed by atoms with Gasteiger partial charge in [-0.25, -0.2) is 0 Å². The maximum absolute atomic E-state index is 10.0. The lowest BCUT2D eigenvalue weighted by Gasteiger charge is -2.10. The monoisotopic (exact) mass is 356 g/mol. The Morgan fingerprint density at radius 2 is 1.89 bits per heavy atom. The summed E-state index contributed by atoms with van der Waals surface area (Å²) in [7, 11) is 0. The molecule has 0 amide bonds. The maximum Gasteiger partial charge on any atom is 0.0674 e. The third kappa shape index (κ3) is 5.19. The number of aliphatic hydroxyl groups is 1. The first kappa shape index (κ1) is 14.9. The van der Waals surface area contributed by atoms with E-state index in [1.165, 1.54) is 0 Å². The van der Waals surface area contributed by atoms with Crippen molar-refractivity contribution in [1.29, 1.82) is 0 Å². The molecule has 0 fully saturated rings. The molecule has 0 aliphatic heterocycles. The smallest absolute Gasteiger partial charge is 0.0674 e. The molecule has 0 saturated carbocycles. The molecule has 2 aromatic rings. The zero-order valence-electron chi connectivity index (χ0n) is 10.2. The molecule has 19 heavy (non-hydrogen) atoms. The Bertz CT molecular complexity index is 530. The van der Waals surface area contributed by atoms with E-state index >= 15 is 0 Å². The lowest BCUT2D eigenvalue weighted by Crippen LogP contribution is -2.13. The molecular formula is C15H14BrClOS. The summed E-state index contributed by atoms with van der Waals surface area (Å²) in [5.74, 6) is 0.675. The molecule has 0 spiro atoms. The van der Waals surface area contributed by atoms with E-state index in [-0.39, 0.29) is 6.10 Å². The van der Waals surface area contributed by atoms with Crippen molar-refractivity contribution in [2.45, 2.75) is 17.4 Å². The van der Waals surface area contributed by atoms with Gasteiger partial charge in [-0.2, -0.15) is 0 Å². The number of benzene rings is 2. The van der Waals surface area contributed by atoms with Crippen LogP contribution in [-0.4, -0.2) is 17.0 Å². The van der Waals surface area contributed by atoms with Gasteiger partial charge in [-0.3, -0.25) is 0 Å². The first-order valence-electron chi connectivity index (χ1n) is 5.94. The lowest BCUT2D eigenvalue weighted by molar-refractivity contribution is 0.200. The van der Waals surface area contributed by atoms with Gasteiger partial charge < -0.3 is 5.11 Å². The van der Waals surface area contributed by atoms with E-state index in [9.17, 15) is 5.11 Å². The van der Waals surface area contributed by atoms with E-state index in [2.05, 4.69) is 15.9 Å². The summed E-state index contributed by atoms with van der Waals surface area (Å²) >= 11 is 10.9. The number of hydrogen-bond donors (Lipinski definition) is 1. The molecule has 1 atom stereocenters. The average molecular weight is 358 g/mol. The van der Waals surface area contributed by atoms with Crippen molar-refractivity contribution in [1.82, 2.24) is 0 Å². The summed E-state index contributed by atoms with van der Waals surface area (Å²) in [5, 5.41) is 10.8. The predicted octanol–water partition coefficient (Wildman–Crippen LogP) is 4.80. The molecule has 1 N–H and O–H groups in total. The van der Waals surface area contributed by atoms with Gasteiger partial charge in [0, 0.05) is 20.1 Å². The van der Waals surface area contributed by atoms with Gasteiger partial charge in [0.2, 0.25) is 0 Å². The Morgan fingerprint density at radius 3 is 2.58 bits per heavy atom. The van der Waals surface area contributed by atoms with E-state index < -0.39 is 0 Å². The molecule has 0 heterocycles. The summed E-state index contributed by atoms with van der Waals surface area (Å²) in [6, 6.07) is 15.7. The molecule has 2 rings (SSSR count). The van der Waals surface area contributed by atoms with E-state index in [1.54, 1.807) is 11.8 Å². The third-order valence-corrected chi connectivity index (χ3v) is 4.52. The van der Waals surface area contributed by atoms with Gasteiger partial charge in [0.15, 0.2) is 0 Å². The van der Waals surface area contributed by atoms with Gasteiger partial charge in [0.25, 0.3) is 0 Å². The summed E-state index contributed by atoms with van der Waals surface area (Å²) in [4.78, 5) is 1.12. The Hall–Kier alpha value is -0.480. The van der Waals surface area contributed by atoms with Crippen LogP contribution >= 0.6 is 39.3 Å². The van der Waals surface area contributed by atoms with E-state index in [1.807, 2.05) is 48.5 Å². The number of thioether (sulfide) groups is 1. The van der Waals surface area contributed by atoms with Crippen LogP contribution in [0.15, 0.2) is 57.9 Å². The SMILES string of the molecule is OC(CSc1ccc(Cl)cc1)Cc1cccc(Br)c1. The lowest BCUT2D eigenvalue weighted by atomic mass is 10.1. The largest absolute Gasteiger partial charge is 0.392 e. The molecule has 0 aliphatic rings. The third-order valence-electron chi connectivity index (χ3n) is 2.62. The highest BCUT2D eigenvalue weighted by Gasteiger charge is 2.07. The second-order valence-corrected chi connectivity index (χ2v) is 6.70. The number of rotatable bonds is 5. The van der Waals surface area contributed by atoms with Crippen LogP contribution < -0.4 is 0 Å². The van der Waals surface area contributed by atoms with Crippen molar-refractivity contribution in [3.63, 3.8) is 0 Å². The van der Waals surface area contributed by atoms with Crippen LogP contribution in [0.4, 0.5) is 0 Å². The van der Waals surface area contributed by atoms with Crippen molar-refractivity contribution < 1.29 is 5.11 Å². The van der Waals surface area contributed by atoms with E-state index in [0.29, 0.717) is 12.2 Å². The standard InChI is InChI=1S/C15H14BrClOS/c16-12-3-1-2-11(8-12)9-14(18)10-19-15-6-4-13(17)5-7-15/h1-8,14,18H,9-10H2. The Labute approximate surface area is 131 Å². The predicted molar refractivity (Wildman–Crippen MR) is 86.0 cm³/mol. The number of hydrogen-bond acceptors (Lipinski definition) is 2. The summed E-state index contributed by atoms with van der Waals surface area (Å²) in [6.45, 7) is 0. The molecular weight excluding hydrogens is 344 g/mol.